The number of aromatic nitrogens is 4. The smallest absolute Gasteiger partial charge is 0.335 e. The molecule has 0 aliphatic heterocycles. The second-order valence-corrected chi connectivity index (χ2v) is 4.88. The second-order valence-electron chi connectivity index (χ2n) is 4.88. The van der Waals surface area contributed by atoms with E-state index in [1.807, 2.05) is 0 Å². The van der Waals surface area contributed by atoms with Gasteiger partial charge in [-0.2, -0.15) is 0 Å². The molecule has 12 heteroatoms. The van der Waals surface area contributed by atoms with Crippen LogP contribution in [0.4, 0.5) is 0 Å². The first-order valence-corrected chi connectivity index (χ1v) is 6.82. The number of carboxylic acids is 2. The molecule has 4 rings (SSSR count). The molecule has 0 saturated carbocycles. The molecule has 0 saturated heterocycles. The Morgan fingerprint density at radius 1 is 0.808 bits per heavy atom. The molecule has 0 radical (unpaired) electrons. The van der Waals surface area contributed by atoms with Crippen LogP contribution in [-0.2, 0) is 0 Å². The summed E-state index contributed by atoms with van der Waals surface area (Å²) in [5, 5.41) is 45.6. The van der Waals surface area contributed by atoms with Crippen LogP contribution in [0.1, 0.15) is 20.7 Å². The van der Waals surface area contributed by atoms with Crippen LogP contribution in [0, 0.1) is 10.4 Å². The fourth-order valence-corrected chi connectivity index (χ4v) is 2.01. The van der Waals surface area contributed by atoms with Crippen molar-refractivity contribution >= 4 is 34.0 Å². The lowest BCUT2D eigenvalue weighted by Gasteiger charge is -1.90. The Kier molecular flexibility index (Phi) is 4.06. The number of aromatic carboxylic acids is 2. The Hall–Kier alpha value is -4.22. The summed E-state index contributed by atoms with van der Waals surface area (Å²) in [6.07, 6.45) is 0. The van der Waals surface area contributed by atoms with Crippen LogP contribution >= 0.6 is 0 Å². The largest absolute Gasteiger partial charge is 0.478 e. The number of hydrogen-bond acceptors (Lipinski definition) is 8. The van der Waals surface area contributed by atoms with Crippen molar-refractivity contribution in [2.24, 2.45) is 0 Å². The van der Waals surface area contributed by atoms with Crippen LogP contribution in [0.2, 0.25) is 0 Å². The standard InChI is InChI=1S/2C7H4N2O4/c10-7(11)4-1-2-6-5(3-4)8-13-9(6)12;10-7(11)4-1-2-5-6(3-4)9(12)13-8-5/h2*1-3H,(H,10,11). The van der Waals surface area contributed by atoms with Gasteiger partial charge in [0.25, 0.3) is 0 Å². The Labute approximate surface area is 142 Å². The van der Waals surface area contributed by atoms with Crippen molar-refractivity contribution in [2.75, 3.05) is 0 Å². The van der Waals surface area contributed by atoms with Gasteiger partial charge in [-0.25, -0.2) is 9.59 Å². The van der Waals surface area contributed by atoms with Crippen molar-refractivity contribution < 1.29 is 38.9 Å². The van der Waals surface area contributed by atoms with E-state index >= 15 is 0 Å². The van der Waals surface area contributed by atoms with E-state index in [1.165, 1.54) is 36.4 Å². The first kappa shape index (κ1) is 16.6. The lowest BCUT2D eigenvalue weighted by atomic mass is 10.2. The maximum atomic E-state index is 10.8. The quantitative estimate of drug-likeness (QED) is 0.472. The summed E-state index contributed by atoms with van der Waals surface area (Å²) in [6.45, 7) is 0. The number of rotatable bonds is 2. The van der Waals surface area contributed by atoms with Gasteiger partial charge in [-0.15, -0.1) is 0 Å². The number of benzene rings is 2. The molecule has 0 fully saturated rings. The monoisotopic (exact) mass is 360 g/mol. The molecule has 0 atom stereocenters. The van der Waals surface area contributed by atoms with Gasteiger partial charge in [-0.3, -0.25) is 9.26 Å². The number of nitrogens with zero attached hydrogens (tertiary/aromatic N) is 4. The highest BCUT2D eigenvalue weighted by atomic mass is 16.8. The molecule has 0 aliphatic rings. The molecule has 12 nitrogen and oxygen atoms in total. The van der Waals surface area contributed by atoms with Gasteiger partial charge in [0, 0.05) is 22.4 Å². The van der Waals surface area contributed by atoms with Crippen LogP contribution in [0.15, 0.2) is 45.7 Å². The first-order chi connectivity index (χ1) is 12.4. The Bertz CT molecular complexity index is 1130. The van der Waals surface area contributed by atoms with Crippen molar-refractivity contribution in [3.8, 4) is 0 Å². The van der Waals surface area contributed by atoms with Crippen LogP contribution in [-0.4, -0.2) is 32.5 Å². The highest BCUT2D eigenvalue weighted by Crippen LogP contribution is 2.10. The molecule has 4 aromatic rings. The zero-order chi connectivity index (χ0) is 18.8. The zero-order valence-corrected chi connectivity index (χ0v) is 12.6. The van der Waals surface area contributed by atoms with E-state index in [4.69, 9.17) is 10.2 Å². The molecule has 2 aromatic heterocycles. The average molecular weight is 360 g/mol. The maximum absolute atomic E-state index is 10.8. The second kappa shape index (κ2) is 6.35. The molecular weight excluding hydrogens is 352 g/mol. The molecule has 0 spiro atoms. The summed E-state index contributed by atoms with van der Waals surface area (Å²) < 4.78 is 8.54. The molecule has 26 heavy (non-hydrogen) atoms. The van der Waals surface area contributed by atoms with Gasteiger partial charge in [0.05, 0.1) is 11.1 Å². The van der Waals surface area contributed by atoms with Gasteiger partial charge in [0.2, 0.25) is 22.1 Å². The third kappa shape index (κ3) is 3.06. The van der Waals surface area contributed by atoms with E-state index < -0.39 is 11.9 Å². The molecule has 0 unspecified atom stereocenters. The highest BCUT2D eigenvalue weighted by Gasteiger charge is 2.13. The van der Waals surface area contributed by atoms with Crippen LogP contribution < -0.4 is 9.81 Å². The molecular formula is C14H8N4O8. The third-order valence-corrected chi connectivity index (χ3v) is 3.26. The minimum absolute atomic E-state index is 0.0281. The van der Waals surface area contributed by atoms with Crippen molar-refractivity contribution in [2.45, 2.75) is 0 Å². The van der Waals surface area contributed by atoms with Gasteiger partial charge in [0.1, 0.15) is 0 Å². The lowest BCUT2D eigenvalue weighted by molar-refractivity contribution is -0.782. The molecule has 0 bridgehead atoms. The number of carbonyl (C=O) groups is 2. The summed E-state index contributed by atoms with van der Waals surface area (Å²) in [7, 11) is 0. The van der Waals surface area contributed by atoms with Gasteiger partial charge in [-0.1, -0.05) is 0 Å². The number of fused-ring (bicyclic) bond motifs is 2. The van der Waals surface area contributed by atoms with Crippen molar-refractivity contribution in [3.05, 3.63) is 57.9 Å². The van der Waals surface area contributed by atoms with Crippen LogP contribution in [0.3, 0.4) is 0 Å². The summed E-state index contributed by atoms with van der Waals surface area (Å²) in [6, 6.07) is 7.92. The van der Waals surface area contributed by atoms with Crippen molar-refractivity contribution in [1.82, 2.24) is 10.3 Å². The van der Waals surface area contributed by atoms with Gasteiger partial charge in [-0.05, 0) is 34.1 Å². The molecule has 2 N–H and O–H groups in total. The summed E-state index contributed by atoms with van der Waals surface area (Å²) in [5.41, 5.74) is 0.988. The Balaban J connectivity index is 0.000000151. The van der Waals surface area contributed by atoms with E-state index in [-0.39, 0.29) is 37.5 Å². The molecule has 132 valence electrons. The lowest BCUT2D eigenvalue weighted by Crippen LogP contribution is -2.22. The average Bonchev–Trinajstić information content (AvgIpc) is 3.18. The summed E-state index contributed by atoms with van der Waals surface area (Å²) in [4.78, 5) is 21.4. The molecule has 2 aromatic carbocycles. The van der Waals surface area contributed by atoms with Gasteiger partial charge in [0.15, 0.2) is 0 Å². The predicted molar refractivity (Wildman–Crippen MR) is 79.9 cm³/mol. The minimum atomic E-state index is -1.09. The third-order valence-electron chi connectivity index (χ3n) is 3.26. The van der Waals surface area contributed by atoms with E-state index in [2.05, 4.69) is 19.6 Å². The van der Waals surface area contributed by atoms with Crippen LogP contribution in [0.5, 0.6) is 0 Å². The highest BCUT2D eigenvalue weighted by molar-refractivity contribution is 5.92. The number of carboxylic acid groups (broad SMARTS) is 2. The zero-order valence-electron chi connectivity index (χ0n) is 12.6. The minimum Gasteiger partial charge on any atom is -0.478 e. The van der Waals surface area contributed by atoms with E-state index in [0.29, 0.717) is 5.52 Å². The van der Waals surface area contributed by atoms with Crippen molar-refractivity contribution in [3.63, 3.8) is 0 Å². The van der Waals surface area contributed by atoms with E-state index in [0.717, 1.165) is 0 Å². The molecule has 2 heterocycles. The first-order valence-electron chi connectivity index (χ1n) is 6.82. The topological polar surface area (TPSA) is 181 Å². The SMILES string of the molecule is O=C(O)c1ccc2c(c1)no[n+]2[O-].O=C(O)c1ccc2no[n+]([O-])c2c1. The van der Waals surface area contributed by atoms with E-state index in [9.17, 15) is 20.0 Å². The number of hydrogen-bond donors (Lipinski definition) is 2. The normalized spacial score (nSPS) is 10.5. The Morgan fingerprint density at radius 3 is 2.00 bits per heavy atom. The molecule has 0 amide bonds. The van der Waals surface area contributed by atoms with Crippen LogP contribution in [0.25, 0.3) is 22.1 Å². The fourth-order valence-electron chi connectivity index (χ4n) is 2.01. The predicted octanol–water partition coefficient (Wildman–Crippen LogP) is 0.319. The fraction of sp³-hybridized carbons (Fsp3) is 0. The van der Waals surface area contributed by atoms with Gasteiger partial charge < -0.3 is 20.6 Å². The maximum Gasteiger partial charge on any atom is 0.335 e. The summed E-state index contributed by atoms with van der Waals surface area (Å²) >= 11 is 0. The van der Waals surface area contributed by atoms with Gasteiger partial charge >= 0.3 is 11.9 Å². The molecule has 0 aliphatic carbocycles. The van der Waals surface area contributed by atoms with E-state index in [1.54, 1.807) is 0 Å². The van der Waals surface area contributed by atoms with Crippen molar-refractivity contribution in [1.29, 1.82) is 0 Å². The summed E-state index contributed by atoms with van der Waals surface area (Å²) in [5.74, 6) is -2.16. The Morgan fingerprint density at radius 2 is 1.35 bits per heavy atom.